The van der Waals surface area contributed by atoms with Crippen LogP contribution in [-0.4, -0.2) is 43.2 Å². The highest BCUT2D eigenvalue weighted by Gasteiger charge is 2.25. The van der Waals surface area contributed by atoms with Gasteiger partial charge in [0, 0.05) is 38.2 Å². The van der Waals surface area contributed by atoms with Crippen LogP contribution in [0.4, 0.5) is 23.3 Å². The number of hydrogen-bond donors (Lipinski definition) is 2. The second-order valence-electron chi connectivity index (χ2n) is 8.08. The summed E-state index contributed by atoms with van der Waals surface area (Å²) in [5.74, 6) is 2.35. The van der Waals surface area contributed by atoms with Crippen LogP contribution in [0.25, 0.3) is 0 Å². The molecule has 1 aromatic carbocycles. The van der Waals surface area contributed by atoms with Crippen LogP contribution in [0.1, 0.15) is 44.1 Å². The predicted octanol–water partition coefficient (Wildman–Crippen LogP) is 3.83. The van der Waals surface area contributed by atoms with Crippen molar-refractivity contribution in [2.45, 2.75) is 45.1 Å². The molecule has 1 aromatic heterocycles. The van der Waals surface area contributed by atoms with E-state index in [0.717, 1.165) is 48.5 Å². The van der Waals surface area contributed by atoms with Gasteiger partial charge < -0.3 is 15.5 Å². The van der Waals surface area contributed by atoms with Gasteiger partial charge in [0.2, 0.25) is 5.95 Å². The van der Waals surface area contributed by atoms with Gasteiger partial charge in [-0.1, -0.05) is 29.8 Å². The number of nitrogen functional groups attached to an aromatic ring is 1. The minimum absolute atomic E-state index is 0.566. The van der Waals surface area contributed by atoms with Gasteiger partial charge in [-0.15, -0.1) is 0 Å². The maximum Gasteiger partial charge on any atom is 0.229 e. The van der Waals surface area contributed by atoms with Crippen molar-refractivity contribution in [3.63, 3.8) is 0 Å². The quantitative estimate of drug-likeness (QED) is 0.676. The van der Waals surface area contributed by atoms with Crippen molar-refractivity contribution in [2.24, 2.45) is 0 Å². The average Bonchev–Trinajstić information content (AvgIpc) is 2.80. The Labute approximate surface area is 184 Å². The number of nitrogens with two attached hydrogens (primary N) is 1. The fourth-order valence-corrected chi connectivity index (χ4v) is 4.48. The van der Waals surface area contributed by atoms with E-state index in [4.69, 9.17) is 27.3 Å². The highest BCUT2D eigenvalue weighted by molar-refractivity contribution is 6.31. The Balaban J connectivity index is 1.72. The third kappa shape index (κ3) is 4.57. The first-order chi connectivity index (χ1) is 14.7. The Morgan fingerprint density at radius 2 is 1.60 bits per heavy atom. The van der Waals surface area contributed by atoms with E-state index in [1.807, 2.05) is 36.3 Å². The molecule has 2 saturated heterocycles. The molecular weight excluding hydrogens is 398 g/mol. The van der Waals surface area contributed by atoms with Crippen molar-refractivity contribution in [1.29, 1.82) is 0 Å². The number of anilines is 4. The number of benzene rings is 1. The van der Waals surface area contributed by atoms with Crippen LogP contribution in [0.5, 0.6) is 0 Å². The molecule has 0 amide bonds. The van der Waals surface area contributed by atoms with Crippen LogP contribution in [0.2, 0.25) is 5.02 Å². The normalized spacial score (nSPS) is 17.3. The first kappa shape index (κ1) is 21.0. The lowest BCUT2D eigenvalue weighted by atomic mass is 10.1. The third-order valence-corrected chi connectivity index (χ3v) is 6.37. The molecule has 2 fully saturated rings. The summed E-state index contributed by atoms with van der Waals surface area (Å²) in [5.41, 5.74) is 11.6. The first-order valence-corrected chi connectivity index (χ1v) is 11.4. The fourth-order valence-electron chi connectivity index (χ4n) is 4.28. The summed E-state index contributed by atoms with van der Waals surface area (Å²) in [5, 5.41) is 2.71. The smallest absolute Gasteiger partial charge is 0.229 e. The number of hydrazine groups is 1. The number of piperidine rings is 2. The number of nitrogens with one attached hydrogen (secondary N) is 1. The van der Waals surface area contributed by atoms with Crippen molar-refractivity contribution < 1.29 is 0 Å². The zero-order chi connectivity index (χ0) is 20.9. The molecule has 0 aliphatic carbocycles. The Morgan fingerprint density at radius 1 is 0.967 bits per heavy atom. The third-order valence-electron chi connectivity index (χ3n) is 6.00. The van der Waals surface area contributed by atoms with Gasteiger partial charge in [-0.3, -0.25) is 5.01 Å². The van der Waals surface area contributed by atoms with Gasteiger partial charge in [-0.25, -0.2) is 5.43 Å². The van der Waals surface area contributed by atoms with E-state index in [1.54, 1.807) is 0 Å². The summed E-state index contributed by atoms with van der Waals surface area (Å²) >= 11 is 6.42. The summed E-state index contributed by atoms with van der Waals surface area (Å²) in [4.78, 5) is 14.5. The lowest BCUT2D eigenvalue weighted by Gasteiger charge is -2.34. The van der Waals surface area contributed by atoms with E-state index in [0.29, 0.717) is 18.1 Å². The second-order valence-corrected chi connectivity index (χ2v) is 8.49. The predicted molar refractivity (Wildman–Crippen MR) is 125 cm³/mol. The van der Waals surface area contributed by atoms with Crippen LogP contribution in [-0.2, 0) is 6.54 Å². The van der Waals surface area contributed by atoms with Crippen molar-refractivity contribution in [1.82, 2.24) is 15.4 Å². The van der Waals surface area contributed by atoms with Crippen molar-refractivity contribution in [3.8, 4) is 0 Å². The van der Waals surface area contributed by atoms with Crippen LogP contribution in [0, 0.1) is 0 Å². The van der Waals surface area contributed by atoms with Gasteiger partial charge in [-0.05, 0) is 50.2 Å². The average molecular weight is 430 g/mol. The molecule has 0 bridgehead atoms. The monoisotopic (exact) mass is 429 g/mol. The first-order valence-electron chi connectivity index (χ1n) is 11.0. The highest BCUT2D eigenvalue weighted by Crippen LogP contribution is 2.34. The molecule has 2 aliphatic rings. The SMILES string of the molecule is CNN(Cc1ccccc1Cl)c1nc(N2CCCCC2)nc(N2CCCCC2)c1N. The van der Waals surface area contributed by atoms with Crippen molar-refractivity contribution in [2.75, 3.05) is 53.8 Å². The Morgan fingerprint density at radius 3 is 2.23 bits per heavy atom. The molecule has 2 aromatic rings. The van der Waals surface area contributed by atoms with Gasteiger partial charge in [0.05, 0.1) is 6.54 Å². The summed E-state index contributed by atoms with van der Waals surface area (Å²) < 4.78 is 0. The summed E-state index contributed by atoms with van der Waals surface area (Å²) in [6, 6.07) is 7.88. The van der Waals surface area contributed by atoms with E-state index in [1.165, 1.54) is 38.5 Å². The lowest BCUT2D eigenvalue weighted by molar-refractivity contribution is 0.560. The van der Waals surface area contributed by atoms with E-state index >= 15 is 0 Å². The zero-order valence-electron chi connectivity index (χ0n) is 17.8. The maximum absolute atomic E-state index is 6.68. The largest absolute Gasteiger partial charge is 0.393 e. The maximum atomic E-state index is 6.68. The molecule has 3 heterocycles. The number of aromatic nitrogens is 2. The fraction of sp³-hybridized carbons (Fsp3) is 0.545. The molecular formula is C22H32ClN7. The molecule has 4 rings (SSSR count). The van der Waals surface area contributed by atoms with Crippen molar-refractivity contribution in [3.05, 3.63) is 34.9 Å². The standard InChI is InChI=1S/C22H32ClN7/c1-25-30(16-17-10-4-5-11-18(17)23)21-19(24)20(28-12-6-2-7-13-28)26-22(27-21)29-14-8-3-9-15-29/h4-5,10-11,25H,2-3,6-9,12-16,24H2,1H3. The molecule has 0 radical (unpaired) electrons. The molecule has 0 atom stereocenters. The summed E-state index contributed by atoms with van der Waals surface area (Å²) in [6.07, 6.45) is 7.24. The lowest BCUT2D eigenvalue weighted by Crippen LogP contribution is -2.39. The molecule has 0 spiro atoms. The van der Waals surface area contributed by atoms with Gasteiger partial charge >= 0.3 is 0 Å². The number of hydrogen-bond acceptors (Lipinski definition) is 7. The highest BCUT2D eigenvalue weighted by atomic mass is 35.5. The number of nitrogens with zero attached hydrogens (tertiary/aromatic N) is 5. The second kappa shape index (κ2) is 9.71. The van der Waals surface area contributed by atoms with E-state index in [-0.39, 0.29) is 0 Å². The molecule has 30 heavy (non-hydrogen) atoms. The Bertz CT molecular complexity index is 847. The molecule has 7 nitrogen and oxygen atoms in total. The van der Waals surface area contributed by atoms with Crippen LogP contribution in [0.3, 0.4) is 0 Å². The van der Waals surface area contributed by atoms with E-state index in [9.17, 15) is 0 Å². The van der Waals surface area contributed by atoms with Gasteiger partial charge in [0.25, 0.3) is 0 Å². The van der Waals surface area contributed by atoms with E-state index in [2.05, 4.69) is 15.2 Å². The van der Waals surface area contributed by atoms with Gasteiger partial charge in [-0.2, -0.15) is 9.97 Å². The van der Waals surface area contributed by atoms with Crippen molar-refractivity contribution >= 4 is 34.9 Å². The van der Waals surface area contributed by atoms with Crippen LogP contribution < -0.4 is 26.0 Å². The molecule has 0 unspecified atom stereocenters. The molecule has 8 heteroatoms. The zero-order valence-corrected chi connectivity index (χ0v) is 18.5. The topological polar surface area (TPSA) is 73.5 Å². The summed E-state index contributed by atoms with van der Waals surface area (Å²) in [7, 11) is 1.89. The van der Waals surface area contributed by atoms with Crippen LogP contribution >= 0.6 is 11.6 Å². The minimum atomic E-state index is 0.566. The van der Waals surface area contributed by atoms with Gasteiger partial charge in [0.15, 0.2) is 11.6 Å². The van der Waals surface area contributed by atoms with Gasteiger partial charge in [0.1, 0.15) is 5.69 Å². The number of rotatable bonds is 6. The molecule has 3 N–H and O–H groups in total. The summed E-state index contributed by atoms with van der Waals surface area (Å²) in [6.45, 7) is 4.53. The number of halogens is 1. The van der Waals surface area contributed by atoms with Crippen LogP contribution in [0.15, 0.2) is 24.3 Å². The molecule has 2 aliphatic heterocycles. The molecule has 162 valence electrons. The van der Waals surface area contributed by atoms with E-state index < -0.39 is 0 Å². The molecule has 0 saturated carbocycles. The minimum Gasteiger partial charge on any atom is -0.393 e. The Hall–Kier alpha value is -2.25. The Kier molecular flexibility index (Phi) is 6.79.